The lowest BCUT2D eigenvalue weighted by molar-refractivity contribution is -0.291. The third-order valence-electron chi connectivity index (χ3n) is 8.39. The summed E-state index contributed by atoms with van der Waals surface area (Å²) in [4.78, 5) is 89.1. The van der Waals surface area contributed by atoms with Crippen molar-refractivity contribution in [2.45, 2.75) is 17.8 Å². The lowest BCUT2D eigenvalue weighted by atomic mass is 9.70. The predicted octanol–water partition coefficient (Wildman–Crippen LogP) is 6.87. The van der Waals surface area contributed by atoms with E-state index in [-0.39, 0.29) is 11.1 Å². The van der Waals surface area contributed by atoms with Crippen LogP contribution in [-0.4, -0.2) is 101 Å². The van der Waals surface area contributed by atoms with Gasteiger partial charge in [0.1, 0.15) is 33.9 Å². The zero-order chi connectivity index (χ0) is 48.8. The number of carbonyl (C=O) groups is 8. The highest BCUT2D eigenvalue weighted by molar-refractivity contribution is 6.05. The summed E-state index contributed by atoms with van der Waals surface area (Å²) in [6.45, 7) is 0. The Balaban J connectivity index is 0.000000375. The summed E-state index contributed by atoms with van der Waals surface area (Å²) >= 11 is 0. The second-order valence-electron chi connectivity index (χ2n) is 11.8. The number of carboxylic acid groups (broad SMARTS) is 8. The van der Waals surface area contributed by atoms with E-state index >= 15 is 8.78 Å². The molecule has 0 atom stereocenters. The fraction of sp³-hybridized carbons (Fsp3) is 0.0857. The molecule has 0 bridgehead atoms. The molecular formula is C35H14F12O16. The SMILES string of the molecule is O=C(O)c1c(F)c(F)c(C(c2c(F)c(F)c(C(=O)O)c(C(=O)O)c2F)(C(F)(F)F)C(F)(F)F)c(F)c1C(=O)O.O=C(O)c1ccc(-c2ccc(C(=O)O)c(C(=O)O)c2)cc1C(=O)O. The summed E-state index contributed by atoms with van der Waals surface area (Å²) in [5.74, 6) is -40.0. The molecule has 0 spiro atoms. The molecule has 0 aliphatic heterocycles. The predicted molar refractivity (Wildman–Crippen MR) is 173 cm³/mol. The summed E-state index contributed by atoms with van der Waals surface area (Å²) in [5.41, 5.74) is -27.6. The molecular weight excluding hydrogens is 904 g/mol. The summed E-state index contributed by atoms with van der Waals surface area (Å²) in [6, 6.07) is 6.99. The molecule has 0 radical (unpaired) electrons. The average Bonchev–Trinajstić information content (AvgIpc) is 3.14. The van der Waals surface area contributed by atoms with Gasteiger partial charge in [0.2, 0.25) is 5.41 Å². The van der Waals surface area contributed by atoms with E-state index in [0.29, 0.717) is 0 Å². The Bertz CT molecular complexity index is 2520. The topological polar surface area (TPSA) is 298 Å². The van der Waals surface area contributed by atoms with Crippen LogP contribution < -0.4 is 0 Å². The molecule has 0 amide bonds. The van der Waals surface area contributed by atoms with Crippen molar-refractivity contribution in [1.29, 1.82) is 0 Å². The van der Waals surface area contributed by atoms with Gasteiger partial charge < -0.3 is 40.9 Å². The Hall–Kier alpha value is -8.20. The standard InChI is InChI=1S/C19H4F12O8.C16H10O8/c20-7-1(13(32)33)3(15(36)37)9(22)11(24)5(7)17(18(26,27)28,19(29,30)31)6-8(21)2(14(34)35)4(16(38)39)10(23)12(6)25;17-13(18)9-3-1-7(5-11(9)15(21)22)8-2-4-10(14(19)20)12(6-8)16(23)24/h(H,32,33)(H,34,35)(H,36,37)(H,38,39);1-6H,(H,17,18)(H,19,20)(H,21,22)(H,23,24). The van der Waals surface area contributed by atoms with Crippen LogP contribution in [0.15, 0.2) is 36.4 Å². The van der Waals surface area contributed by atoms with Gasteiger partial charge >= 0.3 is 60.1 Å². The molecule has 0 aromatic heterocycles. The molecule has 0 aliphatic carbocycles. The highest BCUT2D eigenvalue weighted by Gasteiger charge is 2.77. The molecule has 28 heteroatoms. The first kappa shape index (κ1) is 49.2. The van der Waals surface area contributed by atoms with E-state index in [1.54, 1.807) is 0 Å². The number of aromatic carboxylic acids is 8. The molecule has 16 nitrogen and oxygen atoms in total. The number of hydrogen-bond acceptors (Lipinski definition) is 8. The number of carboxylic acids is 8. The van der Waals surface area contributed by atoms with Crippen LogP contribution in [0.4, 0.5) is 52.7 Å². The first-order chi connectivity index (χ1) is 28.7. The first-order valence-corrected chi connectivity index (χ1v) is 15.4. The summed E-state index contributed by atoms with van der Waals surface area (Å²) in [6.07, 6.45) is -15.2. The highest BCUT2D eigenvalue weighted by Crippen LogP contribution is 2.59. The van der Waals surface area contributed by atoms with Gasteiger partial charge in [-0.05, 0) is 35.4 Å². The van der Waals surface area contributed by atoms with Crippen molar-refractivity contribution in [3.63, 3.8) is 0 Å². The fourth-order valence-electron chi connectivity index (χ4n) is 5.81. The Morgan fingerprint density at radius 1 is 0.333 bits per heavy atom. The Kier molecular flexibility index (Phi) is 13.3. The largest absolute Gasteiger partial charge is 0.478 e. The van der Waals surface area contributed by atoms with E-state index in [0.717, 1.165) is 24.3 Å². The third kappa shape index (κ3) is 8.31. The van der Waals surface area contributed by atoms with Gasteiger partial charge in [-0.3, -0.25) is 0 Å². The minimum absolute atomic E-state index is 0.247. The van der Waals surface area contributed by atoms with Crippen LogP contribution in [-0.2, 0) is 5.41 Å². The summed E-state index contributed by atoms with van der Waals surface area (Å²) in [5, 5.41) is 71.7. The minimum Gasteiger partial charge on any atom is -0.478 e. The maximum atomic E-state index is 15.1. The van der Waals surface area contributed by atoms with Crippen LogP contribution in [0.5, 0.6) is 0 Å². The third-order valence-corrected chi connectivity index (χ3v) is 8.39. The molecule has 0 unspecified atom stereocenters. The molecule has 4 aromatic rings. The monoisotopic (exact) mass is 918 g/mol. The van der Waals surface area contributed by atoms with Gasteiger partial charge in [0.15, 0.2) is 23.3 Å². The summed E-state index contributed by atoms with van der Waals surface area (Å²) in [7, 11) is 0. The number of rotatable bonds is 11. The Morgan fingerprint density at radius 3 is 0.778 bits per heavy atom. The second kappa shape index (κ2) is 17.0. The normalized spacial score (nSPS) is 11.6. The summed E-state index contributed by atoms with van der Waals surface area (Å²) < 4.78 is 174. The van der Waals surface area contributed by atoms with E-state index < -0.39 is 156 Å². The van der Waals surface area contributed by atoms with Gasteiger partial charge in [-0.15, -0.1) is 0 Å². The van der Waals surface area contributed by atoms with Crippen molar-refractivity contribution in [3.8, 4) is 11.1 Å². The highest BCUT2D eigenvalue weighted by atomic mass is 19.4. The Morgan fingerprint density at radius 2 is 0.571 bits per heavy atom. The molecule has 4 rings (SSSR count). The quantitative estimate of drug-likeness (QED) is 0.0562. The molecule has 334 valence electrons. The van der Waals surface area contributed by atoms with Gasteiger partial charge in [0, 0.05) is 0 Å². The molecule has 0 heterocycles. The molecule has 8 N–H and O–H groups in total. The van der Waals surface area contributed by atoms with Gasteiger partial charge in [0.05, 0.1) is 33.4 Å². The number of halogens is 12. The lowest BCUT2D eigenvalue weighted by Crippen LogP contribution is -2.57. The van der Waals surface area contributed by atoms with Gasteiger partial charge in [-0.25, -0.2) is 64.7 Å². The fourth-order valence-corrected chi connectivity index (χ4v) is 5.81. The Labute approximate surface area is 335 Å². The van der Waals surface area contributed by atoms with E-state index in [4.69, 9.17) is 40.9 Å². The van der Waals surface area contributed by atoms with E-state index in [2.05, 4.69) is 0 Å². The zero-order valence-electron chi connectivity index (χ0n) is 29.3. The maximum absolute atomic E-state index is 15.1. The van der Waals surface area contributed by atoms with E-state index in [1.165, 1.54) is 12.1 Å². The molecule has 0 aliphatic rings. The second-order valence-corrected chi connectivity index (χ2v) is 11.8. The minimum atomic E-state index is -7.62. The smallest absolute Gasteiger partial charge is 0.411 e. The van der Waals surface area contributed by atoms with E-state index in [9.17, 15) is 82.3 Å². The van der Waals surface area contributed by atoms with Crippen LogP contribution in [0.1, 0.15) is 94.0 Å². The first-order valence-electron chi connectivity index (χ1n) is 15.4. The van der Waals surface area contributed by atoms with Gasteiger partial charge in [0.25, 0.3) is 0 Å². The molecule has 0 saturated heterocycles. The van der Waals surface area contributed by atoms with Crippen molar-refractivity contribution in [1.82, 2.24) is 0 Å². The maximum Gasteiger partial charge on any atom is 0.411 e. The lowest BCUT2D eigenvalue weighted by Gasteiger charge is -2.39. The van der Waals surface area contributed by atoms with Crippen molar-refractivity contribution in [2.75, 3.05) is 0 Å². The number of alkyl halides is 6. The van der Waals surface area contributed by atoms with Crippen molar-refractivity contribution < 1.29 is 132 Å². The molecule has 63 heavy (non-hydrogen) atoms. The van der Waals surface area contributed by atoms with Gasteiger partial charge in [-0.1, -0.05) is 12.1 Å². The average molecular weight is 918 g/mol. The van der Waals surface area contributed by atoms with E-state index in [1.807, 2.05) is 0 Å². The van der Waals surface area contributed by atoms with Crippen LogP contribution >= 0.6 is 0 Å². The molecule has 4 aromatic carbocycles. The van der Waals surface area contributed by atoms with Crippen LogP contribution in [0.2, 0.25) is 0 Å². The van der Waals surface area contributed by atoms with Gasteiger partial charge in [-0.2, -0.15) is 26.3 Å². The molecule has 0 saturated carbocycles. The van der Waals surface area contributed by atoms with Crippen LogP contribution in [0.3, 0.4) is 0 Å². The molecule has 0 fully saturated rings. The van der Waals surface area contributed by atoms with Crippen molar-refractivity contribution >= 4 is 47.8 Å². The van der Waals surface area contributed by atoms with Crippen LogP contribution in [0.25, 0.3) is 11.1 Å². The number of benzene rings is 4. The van der Waals surface area contributed by atoms with Crippen molar-refractivity contribution in [3.05, 3.63) is 127 Å². The van der Waals surface area contributed by atoms with Crippen molar-refractivity contribution in [2.24, 2.45) is 0 Å². The number of hydrogen-bond donors (Lipinski definition) is 8. The zero-order valence-corrected chi connectivity index (χ0v) is 29.3. The van der Waals surface area contributed by atoms with Crippen LogP contribution in [0, 0.1) is 34.9 Å².